The van der Waals surface area contributed by atoms with Crippen molar-refractivity contribution in [1.82, 2.24) is 0 Å². The summed E-state index contributed by atoms with van der Waals surface area (Å²) < 4.78 is 10.6. The van der Waals surface area contributed by atoms with Gasteiger partial charge in [0.1, 0.15) is 12.2 Å². The van der Waals surface area contributed by atoms with Gasteiger partial charge in [-0.15, -0.1) is 0 Å². The monoisotopic (exact) mass is 277 g/mol. The predicted molar refractivity (Wildman–Crippen MR) is 69.5 cm³/mol. The molecule has 0 amide bonds. The Bertz CT molecular complexity index is 516. The Hall–Kier alpha value is -2.08. The number of cyclic esters (lactones) is 1. The van der Waals surface area contributed by atoms with E-state index in [1.807, 2.05) is 30.3 Å². The molecule has 4 atom stereocenters. The van der Waals surface area contributed by atoms with Gasteiger partial charge >= 0.3 is 5.97 Å². The fourth-order valence-electron chi connectivity index (χ4n) is 2.06. The van der Waals surface area contributed by atoms with Crippen molar-refractivity contribution in [1.29, 1.82) is 0 Å². The first-order chi connectivity index (χ1) is 9.63. The fraction of sp³-hybridized carbons (Fsp3) is 0.462. The minimum atomic E-state index is -1.36. The van der Waals surface area contributed by atoms with Crippen LogP contribution in [0.4, 0.5) is 0 Å². The number of nitrogens with zero attached hydrogens (tertiary/aromatic N) is 3. The number of carbonyl (C=O) groups excluding carboxylic acids is 1. The number of hydrogen-bond donors (Lipinski definition) is 1. The Labute approximate surface area is 115 Å². The highest BCUT2D eigenvalue weighted by Crippen LogP contribution is 2.24. The molecule has 7 nitrogen and oxygen atoms in total. The number of aliphatic hydroxyl groups is 1. The zero-order valence-electron chi connectivity index (χ0n) is 10.9. The van der Waals surface area contributed by atoms with Gasteiger partial charge in [-0.2, -0.15) is 0 Å². The smallest absolute Gasteiger partial charge is 0.338 e. The molecular weight excluding hydrogens is 262 g/mol. The maximum Gasteiger partial charge on any atom is 0.338 e. The van der Waals surface area contributed by atoms with Crippen LogP contribution < -0.4 is 0 Å². The third-order valence-electron chi connectivity index (χ3n) is 3.12. The Balaban J connectivity index is 2.06. The largest absolute Gasteiger partial charge is 0.457 e. The van der Waals surface area contributed by atoms with Crippen LogP contribution in [0.3, 0.4) is 0 Å². The van der Waals surface area contributed by atoms with Gasteiger partial charge in [0, 0.05) is 4.91 Å². The highest BCUT2D eigenvalue weighted by molar-refractivity contribution is 5.78. The van der Waals surface area contributed by atoms with Gasteiger partial charge in [0.15, 0.2) is 6.10 Å². The predicted octanol–water partition coefficient (Wildman–Crippen LogP) is 1.56. The minimum Gasteiger partial charge on any atom is -0.457 e. The summed E-state index contributed by atoms with van der Waals surface area (Å²) in [5.41, 5.74) is 9.35. The Morgan fingerprint density at radius 3 is 2.85 bits per heavy atom. The molecule has 2 rings (SSSR count). The molecule has 0 spiro atoms. The molecule has 0 bridgehead atoms. The van der Waals surface area contributed by atoms with E-state index in [-0.39, 0.29) is 6.61 Å². The summed E-state index contributed by atoms with van der Waals surface area (Å²) in [6.07, 6.45) is -2.99. The molecule has 1 saturated heterocycles. The quantitative estimate of drug-likeness (QED) is 0.381. The van der Waals surface area contributed by atoms with Gasteiger partial charge in [0.2, 0.25) is 0 Å². The lowest BCUT2D eigenvalue weighted by Crippen LogP contribution is -2.38. The maximum atomic E-state index is 11.4. The Morgan fingerprint density at radius 1 is 1.50 bits per heavy atom. The molecule has 1 N–H and O–H groups in total. The molecule has 1 aliphatic heterocycles. The van der Waals surface area contributed by atoms with Crippen molar-refractivity contribution in [2.75, 3.05) is 0 Å². The SMILES string of the molecule is C[C@H](N=[N+]=[N-])[C@H]1OC(=O)[C@H](O)[C@@H]1OCc1ccccc1. The van der Waals surface area contributed by atoms with E-state index < -0.39 is 30.3 Å². The van der Waals surface area contributed by atoms with Gasteiger partial charge in [-0.25, -0.2) is 4.79 Å². The first-order valence-electron chi connectivity index (χ1n) is 6.21. The lowest BCUT2D eigenvalue weighted by Gasteiger charge is -2.21. The normalized spacial score (nSPS) is 26.7. The van der Waals surface area contributed by atoms with Crippen molar-refractivity contribution in [3.63, 3.8) is 0 Å². The molecule has 0 unspecified atom stereocenters. The van der Waals surface area contributed by atoms with Gasteiger partial charge in [-0.1, -0.05) is 42.4 Å². The molecule has 0 aliphatic carbocycles. The van der Waals surface area contributed by atoms with E-state index in [2.05, 4.69) is 10.0 Å². The van der Waals surface area contributed by atoms with Gasteiger partial charge < -0.3 is 14.6 Å². The van der Waals surface area contributed by atoms with Gasteiger partial charge in [-0.05, 0) is 11.1 Å². The summed E-state index contributed by atoms with van der Waals surface area (Å²) in [6.45, 7) is 1.84. The van der Waals surface area contributed by atoms with E-state index in [0.717, 1.165) is 5.56 Å². The number of ether oxygens (including phenoxy) is 2. The zero-order valence-corrected chi connectivity index (χ0v) is 10.9. The van der Waals surface area contributed by atoms with Crippen molar-refractivity contribution >= 4 is 5.97 Å². The first-order valence-corrected chi connectivity index (χ1v) is 6.21. The van der Waals surface area contributed by atoms with E-state index in [1.165, 1.54) is 0 Å². The van der Waals surface area contributed by atoms with E-state index >= 15 is 0 Å². The van der Waals surface area contributed by atoms with E-state index in [1.54, 1.807) is 6.92 Å². The van der Waals surface area contributed by atoms with Gasteiger partial charge in [-0.3, -0.25) is 0 Å². The minimum absolute atomic E-state index is 0.235. The molecule has 0 radical (unpaired) electrons. The van der Waals surface area contributed by atoms with Crippen molar-refractivity contribution in [3.05, 3.63) is 46.3 Å². The van der Waals surface area contributed by atoms with Crippen molar-refractivity contribution in [3.8, 4) is 0 Å². The number of carbonyl (C=O) groups is 1. The summed E-state index contributed by atoms with van der Waals surface area (Å²) >= 11 is 0. The third-order valence-corrected chi connectivity index (χ3v) is 3.12. The standard InChI is InChI=1S/C13H15N3O4/c1-8(15-16-14)11-12(10(17)13(18)20-11)19-7-9-5-3-2-4-6-9/h2-6,8,10-12,17H,7H2,1H3/t8-,10+,11+,12-/m0/s1. The summed E-state index contributed by atoms with van der Waals surface area (Å²) in [5.74, 6) is -0.756. The molecule has 1 heterocycles. The van der Waals surface area contributed by atoms with Gasteiger partial charge in [0.25, 0.3) is 0 Å². The third kappa shape index (κ3) is 3.08. The van der Waals surface area contributed by atoms with Crippen LogP contribution in [0.5, 0.6) is 0 Å². The highest BCUT2D eigenvalue weighted by atomic mass is 16.6. The van der Waals surface area contributed by atoms with E-state index in [4.69, 9.17) is 15.0 Å². The molecule has 20 heavy (non-hydrogen) atoms. The number of aliphatic hydroxyl groups excluding tert-OH is 1. The van der Waals surface area contributed by atoms with Crippen LogP contribution in [0, 0.1) is 0 Å². The second kappa shape index (κ2) is 6.38. The molecule has 1 aromatic carbocycles. The Kier molecular flexibility index (Phi) is 4.57. The number of hydrogen-bond acceptors (Lipinski definition) is 5. The molecule has 1 aliphatic rings. The second-order valence-electron chi connectivity index (χ2n) is 4.55. The summed E-state index contributed by atoms with van der Waals surface area (Å²) in [7, 11) is 0. The van der Waals surface area contributed by atoms with Crippen LogP contribution in [0.15, 0.2) is 35.4 Å². The molecular formula is C13H15N3O4. The van der Waals surface area contributed by atoms with E-state index in [0.29, 0.717) is 0 Å². The number of rotatable bonds is 5. The summed E-state index contributed by atoms with van der Waals surface area (Å²) in [5, 5.41) is 13.3. The lowest BCUT2D eigenvalue weighted by atomic mass is 10.1. The molecule has 1 fully saturated rings. The average Bonchev–Trinajstić information content (AvgIpc) is 2.74. The van der Waals surface area contributed by atoms with Crippen molar-refractivity contribution in [2.45, 2.75) is 37.9 Å². The van der Waals surface area contributed by atoms with Crippen LogP contribution in [0.1, 0.15) is 12.5 Å². The van der Waals surface area contributed by atoms with Crippen LogP contribution in [0.25, 0.3) is 10.4 Å². The molecule has 1 aromatic rings. The zero-order chi connectivity index (χ0) is 14.5. The lowest BCUT2D eigenvalue weighted by molar-refractivity contribution is -0.147. The topological polar surface area (TPSA) is 105 Å². The Morgan fingerprint density at radius 2 is 2.20 bits per heavy atom. The molecule has 0 saturated carbocycles. The van der Waals surface area contributed by atoms with Crippen molar-refractivity contribution in [2.24, 2.45) is 5.11 Å². The van der Waals surface area contributed by atoms with E-state index in [9.17, 15) is 9.90 Å². The molecule has 7 heteroatoms. The number of benzene rings is 1. The van der Waals surface area contributed by atoms with Crippen molar-refractivity contribution < 1.29 is 19.4 Å². The second-order valence-corrected chi connectivity index (χ2v) is 4.55. The van der Waals surface area contributed by atoms with Crippen LogP contribution in [0.2, 0.25) is 0 Å². The highest BCUT2D eigenvalue weighted by Gasteiger charge is 2.46. The maximum absolute atomic E-state index is 11.4. The fourth-order valence-corrected chi connectivity index (χ4v) is 2.06. The van der Waals surface area contributed by atoms with Crippen LogP contribution in [-0.2, 0) is 20.9 Å². The molecule has 0 aromatic heterocycles. The number of azide groups is 1. The van der Waals surface area contributed by atoms with Gasteiger partial charge in [0.05, 0.1) is 12.6 Å². The van der Waals surface area contributed by atoms with Crippen LogP contribution in [-0.4, -0.2) is 35.4 Å². The molecule has 106 valence electrons. The number of esters is 1. The summed E-state index contributed by atoms with van der Waals surface area (Å²) in [6, 6.07) is 8.75. The first kappa shape index (κ1) is 14.3. The average molecular weight is 277 g/mol. The van der Waals surface area contributed by atoms with Crippen LogP contribution >= 0.6 is 0 Å². The summed E-state index contributed by atoms with van der Waals surface area (Å²) in [4.78, 5) is 14.1.